The molecule has 0 aliphatic heterocycles. The number of carbonyl (C=O) groups excluding carboxylic acids is 1. The SMILES string of the molecule is O=C([O-])c1cc2ccccn2c1.[Li+]. The molecular formula is C9H6LiNO2. The molecule has 0 radical (unpaired) electrons. The maximum absolute atomic E-state index is 10.4. The van der Waals surface area contributed by atoms with Gasteiger partial charge in [-0.05, 0) is 18.2 Å². The maximum atomic E-state index is 10.4. The Morgan fingerprint density at radius 3 is 2.77 bits per heavy atom. The molecule has 2 heterocycles. The molecule has 0 aromatic carbocycles. The first-order chi connectivity index (χ1) is 5.77. The summed E-state index contributed by atoms with van der Waals surface area (Å²) in [6, 6.07) is 7.11. The first-order valence-electron chi connectivity index (χ1n) is 3.55. The zero-order valence-corrected chi connectivity index (χ0v) is 7.23. The van der Waals surface area contributed by atoms with Crippen LogP contribution in [-0.2, 0) is 0 Å². The molecule has 0 fully saturated rings. The van der Waals surface area contributed by atoms with E-state index in [2.05, 4.69) is 0 Å². The number of aromatic nitrogens is 1. The van der Waals surface area contributed by atoms with Crippen LogP contribution in [0.3, 0.4) is 0 Å². The molecule has 0 aliphatic carbocycles. The van der Waals surface area contributed by atoms with Crippen LogP contribution in [0.2, 0.25) is 0 Å². The standard InChI is InChI=1S/C9H7NO2.Li/c11-9(12)7-5-8-3-1-2-4-10(8)6-7;/h1-6H,(H,11,12);/q;+1/p-1. The van der Waals surface area contributed by atoms with Gasteiger partial charge >= 0.3 is 18.9 Å². The van der Waals surface area contributed by atoms with Crippen molar-refractivity contribution in [1.29, 1.82) is 0 Å². The molecule has 60 valence electrons. The van der Waals surface area contributed by atoms with E-state index in [4.69, 9.17) is 0 Å². The Labute approximate surface area is 87.2 Å². The Kier molecular flexibility index (Phi) is 2.82. The van der Waals surface area contributed by atoms with Gasteiger partial charge in [0.1, 0.15) is 0 Å². The fraction of sp³-hybridized carbons (Fsp3) is 0. The molecule has 0 atom stereocenters. The number of pyridine rings is 1. The van der Waals surface area contributed by atoms with Gasteiger partial charge in [0.15, 0.2) is 0 Å². The van der Waals surface area contributed by atoms with E-state index in [1.165, 1.54) is 6.20 Å². The molecular weight excluding hydrogens is 161 g/mol. The smallest absolute Gasteiger partial charge is 0.545 e. The largest absolute Gasteiger partial charge is 1.00 e. The minimum Gasteiger partial charge on any atom is -0.545 e. The summed E-state index contributed by atoms with van der Waals surface area (Å²) in [5.74, 6) is -1.14. The van der Waals surface area contributed by atoms with Crippen LogP contribution in [-0.4, -0.2) is 10.4 Å². The van der Waals surface area contributed by atoms with Gasteiger partial charge in [0, 0.05) is 23.5 Å². The number of hydrogen-bond donors (Lipinski definition) is 0. The molecule has 0 bridgehead atoms. The summed E-state index contributed by atoms with van der Waals surface area (Å²) in [5.41, 5.74) is 1.07. The predicted molar refractivity (Wildman–Crippen MR) is 41.7 cm³/mol. The molecule has 4 heteroatoms. The van der Waals surface area contributed by atoms with Gasteiger partial charge in [-0.1, -0.05) is 6.07 Å². The van der Waals surface area contributed by atoms with Crippen LogP contribution in [0.25, 0.3) is 5.52 Å². The summed E-state index contributed by atoms with van der Waals surface area (Å²) < 4.78 is 1.74. The first kappa shape index (κ1) is 9.91. The fourth-order valence-corrected chi connectivity index (χ4v) is 1.17. The molecule has 2 rings (SSSR count). The van der Waals surface area contributed by atoms with Crippen molar-refractivity contribution < 1.29 is 28.8 Å². The van der Waals surface area contributed by atoms with Crippen molar-refractivity contribution in [2.45, 2.75) is 0 Å². The van der Waals surface area contributed by atoms with Crippen molar-refractivity contribution in [1.82, 2.24) is 4.40 Å². The maximum Gasteiger partial charge on any atom is 1.00 e. The number of fused-ring (bicyclic) bond motifs is 1. The van der Waals surface area contributed by atoms with E-state index in [0.717, 1.165) is 5.52 Å². The summed E-state index contributed by atoms with van der Waals surface area (Å²) in [5, 5.41) is 10.4. The van der Waals surface area contributed by atoms with Gasteiger partial charge in [0.25, 0.3) is 0 Å². The average Bonchev–Trinajstić information content (AvgIpc) is 2.46. The molecule has 2 aromatic rings. The minimum absolute atomic E-state index is 0. The number of carbonyl (C=O) groups is 1. The van der Waals surface area contributed by atoms with E-state index < -0.39 is 5.97 Å². The summed E-state index contributed by atoms with van der Waals surface area (Å²) >= 11 is 0. The van der Waals surface area contributed by atoms with E-state index in [1.54, 1.807) is 16.7 Å². The zero-order valence-electron chi connectivity index (χ0n) is 7.23. The van der Waals surface area contributed by atoms with Gasteiger partial charge in [-0.2, -0.15) is 0 Å². The van der Waals surface area contributed by atoms with Gasteiger partial charge in [0.2, 0.25) is 0 Å². The second kappa shape index (κ2) is 3.69. The second-order valence-electron chi connectivity index (χ2n) is 2.55. The first-order valence-corrected chi connectivity index (χ1v) is 3.55. The van der Waals surface area contributed by atoms with Gasteiger partial charge in [-0.3, -0.25) is 0 Å². The monoisotopic (exact) mass is 167 g/mol. The van der Waals surface area contributed by atoms with Crippen molar-refractivity contribution in [3.63, 3.8) is 0 Å². The van der Waals surface area contributed by atoms with Crippen molar-refractivity contribution in [3.8, 4) is 0 Å². The van der Waals surface area contributed by atoms with Crippen LogP contribution in [0.5, 0.6) is 0 Å². The summed E-state index contributed by atoms with van der Waals surface area (Å²) in [6.45, 7) is 0. The second-order valence-corrected chi connectivity index (χ2v) is 2.55. The summed E-state index contributed by atoms with van der Waals surface area (Å²) in [6.07, 6.45) is 3.33. The molecule has 0 amide bonds. The average molecular weight is 167 g/mol. The number of hydrogen-bond acceptors (Lipinski definition) is 2. The quantitative estimate of drug-likeness (QED) is 0.434. The summed E-state index contributed by atoms with van der Waals surface area (Å²) in [7, 11) is 0. The molecule has 3 nitrogen and oxygen atoms in total. The topological polar surface area (TPSA) is 44.5 Å². The Morgan fingerprint density at radius 2 is 2.15 bits per heavy atom. The Bertz CT molecular complexity index is 403. The molecule has 0 unspecified atom stereocenters. The third-order valence-corrected chi connectivity index (χ3v) is 1.74. The zero-order chi connectivity index (χ0) is 8.55. The Morgan fingerprint density at radius 1 is 1.38 bits per heavy atom. The van der Waals surface area contributed by atoms with Crippen molar-refractivity contribution in [3.05, 3.63) is 42.2 Å². The predicted octanol–water partition coefficient (Wildman–Crippen LogP) is -2.69. The molecule has 0 saturated heterocycles. The molecule has 0 aliphatic rings. The summed E-state index contributed by atoms with van der Waals surface area (Å²) in [4.78, 5) is 10.4. The molecule has 0 N–H and O–H groups in total. The van der Waals surface area contributed by atoms with E-state index >= 15 is 0 Å². The van der Waals surface area contributed by atoms with E-state index in [0.29, 0.717) is 0 Å². The number of nitrogens with zero attached hydrogens (tertiary/aromatic N) is 1. The van der Waals surface area contributed by atoms with Crippen molar-refractivity contribution >= 4 is 11.5 Å². The van der Waals surface area contributed by atoms with Crippen LogP contribution in [0.4, 0.5) is 0 Å². The Balaban J connectivity index is 0.000000845. The van der Waals surface area contributed by atoms with Gasteiger partial charge in [-0.25, -0.2) is 0 Å². The number of carboxylic acids is 1. The van der Waals surface area contributed by atoms with Crippen LogP contribution >= 0.6 is 0 Å². The minimum atomic E-state index is -1.14. The van der Waals surface area contributed by atoms with E-state index in [1.807, 2.05) is 18.2 Å². The van der Waals surface area contributed by atoms with E-state index in [9.17, 15) is 9.90 Å². The number of aromatic carboxylic acids is 1. The molecule has 0 spiro atoms. The Hall–Kier alpha value is -1.17. The third kappa shape index (κ3) is 1.77. The molecule has 13 heavy (non-hydrogen) atoms. The number of carboxylic acid groups (broad SMARTS) is 1. The van der Waals surface area contributed by atoms with Crippen LogP contribution in [0, 0.1) is 0 Å². The van der Waals surface area contributed by atoms with E-state index in [-0.39, 0.29) is 24.4 Å². The fourth-order valence-electron chi connectivity index (χ4n) is 1.17. The molecule has 2 aromatic heterocycles. The van der Waals surface area contributed by atoms with Crippen molar-refractivity contribution in [2.24, 2.45) is 0 Å². The van der Waals surface area contributed by atoms with Crippen LogP contribution in [0.1, 0.15) is 10.4 Å². The third-order valence-electron chi connectivity index (χ3n) is 1.74. The van der Waals surface area contributed by atoms with Gasteiger partial charge in [-0.15, -0.1) is 0 Å². The van der Waals surface area contributed by atoms with Gasteiger partial charge < -0.3 is 14.3 Å². The molecule has 0 saturated carbocycles. The van der Waals surface area contributed by atoms with Crippen LogP contribution in [0.15, 0.2) is 36.7 Å². The van der Waals surface area contributed by atoms with Crippen molar-refractivity contribution in [2.75, 3.05) is 0 Å². The van der Waals surface area contributed by atoms with Crippen LogP contribution < -0.4 is 24.0 Å². The number of rotatable bonds is 1. The van der Waals surface area contributed by atoms with Gasteiger partial charge in [0.05, 0.1) is 5.97 Å². The normalized spacial score (nSPS) is 9.54.